The number of carbonyl (C=O) groups excluding carboxylic acids is 3. The molecule has 0 bridgehead atoms. The van der Waals surface area contributed by atoms with Crippen molar-refractivity contribution in [3.63, 3.8) is 0 Å². The largest absolute Gasteiger partial charge is 0.322 e. The van der Waals surface area contributed by atoms with E-state index in [0.29, 0.717) is 22.5 Å². The van der Waals surface area contributed by atoms with Crippen LogP contribution in [0.4, 0.5) is 5.69 Å². The fraction of sp³-hybridized carbons (Fsp3) is 0.259. The lowest BCUT2D eigenvalue weighted by molar-refractivity contribution is 0.0640. The maximum atomic E-state index is 12.9. The molecule has 3 aromatic rings. The van der Waals surface area contributed by atoms with E-state index in [4.69, 9.17) is 0 Å². The van der Waals surface area contributed by atoms with Crippen LogP contribution in [0.5, 0.6) is 0 Å². The third kappa shape index (κ3) is 4.99. The summed E-state index contributed by atoms with van der Waals surface area (Å²) >= 11 is 0. The predicted octanol–water partition coefficient (Wildman–Crippen LogP) is 2.88. The Morgan fingerprint density at radius 1 is 0.886 bits per heavy atom. The molecule has 0 spiro atoms. The van der Waals surface area contributed by atoms with Gasteiger partial charge in [-0.1, -0.05) is 18.2 Å². The number of rotatable bonds is 6. The summed E-state index contributed by atoms with van der Waals surface area (Å²) in [5.41, 5.74) is 3.36. The van der Waals surface area contributed by atoms with Gasteiger partial charge in [-0.2, -0.15) is 0 Å². The number of benzene rings is 2. The zero-order valence-corrected chi connectivity index (χ0v) is 19.6. The average molecular weight is 470 g/mol. The normalized spacial score (nSPS) is 16.4. The molecule has 5 rings (SSSR count). The van der Waals surface area contributed by atoms with Gasteiger partial charge < -0.3 is 10.2 Å². The first kappa shape index (κ1) is 22.9. The summed E-state index contributed by atoms with van der Waals surface area (Å²) in [6, 6.07) is 17.8. The maximum Gasteiger partial charge on any atom is 0.261 e. The van der Waals surface area contributed by atoms with Gasteiger partial charge in [-0.15, -0.1) is 0 Å². The quantitative estimate of drug-likeness (QED) is 0.559. The van der Waals surface area contributed by atoms with E-state index in [9.17, 15) is 14.4 Å². The van der Waals surface area contributed by atoms with Crippen molar-refractivity contribution in [3.8, 4) is 0 Å². The zero-order chi connectivity index (χ0) is 24.4. The maximum absolute atomic E-state index is 12.9. The number of hydrogen-bond acceptors (Lipinski definition) is 6. The van der Waals surface area contributed by atoms with Crippen LogP contribution in [0.25, 0.3) is 0 Å². The van der Waals surface area contributed by atoms with Crippen molar-refractivity contribution in [2.75, 3.05) is 38.5 Å². The number of amides is 3. The zero-order valence-electron chi connectivity index (χ0n) is 19.6. The molecule has 1 saturated heterocycles. The number of piperazine rings is 1. The number of nitrogens with zero attached hydrogens (tertiary/aromatic N) is 4. The monoisotopic (exact) mass is 469 g/mol. The van der Waals surface area contributed by atoms with E-state index in [1.807, 2.05) is 30.3 Å². The smallest absolute Gasteiger partial charge is 0.261 e. The topological polar surface area (TPSA) is 85.8 Å². The molecule has 0 radical (unpaired) electrons. The van der Waals surface area contributed by atoms with Gasteiger partial charge in [-0.25, -0.2) is 0 Å². The van der Waals surface area contributed by atoms with E-state index >= 15 is 0 Å². The van der Waals surface area contributed by atoms with E-state index in [1.165, 1.54) is 11.6 Å². The minimum absolute atomic E-state index is 0.0925. The summed E-state index contributed by atoms with van der Waals surface area (Å²) < 4.78 is 0. The molecule has 0 saturated carbocycles. The van der Waals surface area contributed by atoms with Crippen LogP contribution in [0.2, 0.25) is 0 Å². The Balaban J connectivity index is 1.23. The third-order valence-electron chi connectivity index (χ3n) is 6.49. The van der Waals surface area contributed by atoms with E-state index < -0.39 is 5.91 Å². The van der Waals surface area contributed by atoms with Crippen LogP contribution < -0.4 is 5.32 Å². The Labute approximate surface area is 204 Å². The molecular weight excluding hydrogens is 442 g/mol. The van der Waals surface area contributed by atoms with Crippen LogP contribution in [0.15, 0.2) is 66.9 Å². The standard InChI is InChI=1S/C27H27N5O3/c1-30-12-14-31(15-13-30)17-19-5-8-21(9-6-19)29-25(33)20-7-10-23-24(16-20)27(35)32(26(23)34)18-22-4-2-3-11-28-22/h2-11,16H,12-15,17-18H2,1H3,(H,29,33). The fourth-order valence-electron chi connectivity index (χ4n) is 4.39. The SMILES string of the molecule is CN1CCN(Cc2ccc(NC(=O)c3ccc4c(c3)C(=O)N(Cc3ccccn3)C4=O)cc2)CC1. The first-order chi connectivity index (χ1) is 17.0. The molecule has 3 amide bonds. The second-order valence-electron chi connectivity index (χ2n) is 9.01. The van der Waals surface area contributed by atoms with Gasteiger partial charge in [0.15, 0.2) is 0 Å². The number of nitrogens with one attached hydrogen (secondary N) is 1. The van der Waals surface area contributed by atoms with Crippen molar-refractivity contribution in [1.82, 2.24) is 19.7 Å². The van der Waals surface area contributed by atoms with Crippen LogP contribution >= 0.6 is 0 Å². The van der Waals surface area contributed by atoms with E-state index in [-0.39, 0.29) is 23.9 Å². The van der Waals surface area contributed by atoms with Gasteiger partial charge in [0.05, 0.1) is 23.4 Å². The number of pyridine rings is 1. The summed E-state index contributed by atoms with van der Waals surface area (Å²) in [6.45, 7) is 5.22. The van der Waals surface area contributed by atoms with Crippen molar-refractivity contribution in [3.05, 3.63) is 94.8 Å². The van der Waals surface area contributed by atoms with Gasteiger partial charge in [-0.05, 0) is 55.1 Å². The highest BCUT2D eigenvalue weighted by molar-refractivity contribution is 6.22. The van der Waals surface area contributed by atoms with E-state index in [0.717, 1.165) is 37.6 Å². The first-order valence-corrected chi connectivity index (χ1v) is 11.7. The minimum atomic E-state index is -0.418. The van der Waals surface area contributed by atoms with E-state index in [1.54, 1.807) is 30.5 Å². The number of likely N-dealkylation sites (N-methyl/N-ethyl adjacent to an activating group) is 1. The molecule has 0 atom stereocenters. The lowest BCUT2D eigenvalue weighted by atomic mass is 10.1. The number of imide groups is 1. The van der Waals surface area contributed by atoms with Crippen LogP contribution in [0.3, 0.4) is 0 Å². The molecule has 0 aliphatic carbocycles. The van der Waals surface area contributed by atoms with Crippen LogP contribution in [-0.2, 0) is 13.1 Å². The molecule has 8 nitrogen and oxygen atoms in total. The summed E-state index contributed by atoms with van der Waals surface area (Å²) in [4.78, 5) is 48.6. The van der Waals surface area contributed by atoms with Gasteiger partial charge in [0.1, 0.15) is 0 Å². The number of hydrogen-bond donors (Lipinski definition) is 1. The van der Waals surface area contributed by atoms with Crippen LogP contribution in [0.1, 0.15) is 42.3 Å². The summed E-state index contributed by atoms with van der Waals surface area (Å²) in [7, 11) is 2.14. The average Bonchev–Trinajstić information content (AvgIpc) is 3.11. The van der Waals surface area contributed by atoms with Gasteiger partial charge in [0.25, 0.3) is 17.7 Å². The molecule has 1 N–H and O–H groups in total. The third-order valence-corrected chi connectivity index (χ3v) is 6.49. The Morgan fingerprint density at radius 2 is 1.63 bits per heavy atom. The molecule has 1 fully saturated rings. The molecule has 178 valence electrons. The molecule has 2 aliphatic rings. The molecule has 1 aromatic heterocycles. The molecule has 35 heavy (non-hydrogen) atoms. The fourth-order valence-corrected chi connectivity index (χ4v) is 4.39. The van der Waals surface area contributed by atoms with Gasteiger partial charge in [0, 0.05) is 50.2 Å². The molecule has 8 heteroatoms. The lowest BCUT2D eigenvalue weighted by Crippen LogP contribution is -2.43. The summed E-state index contributed by atoms with van der Waals surface area (Å²) in [5, 5.41) is 2.88. The highest BCUT2D eigenvalue weighted by Crippen LogP contribution is 2.26. The molecular formula is C27H27N5O3. The summed E-state index contributed by atoms with van der Waals surface area (Å²) in [5.74, 6) is -1.12. The van der Waals surface area contributed by atoms with Gasteiger partial charge in [0.2, 0.25) is 0 Å². The van der Waals surface area contributed by atoms with Gasteiger partial charge >= 0.3 is 0 Å². The number of anilines is 1. The Morgan fingerprint density at radius 3 is 2.34 bits per heavy atom. The van der Waals surface area contributed by atoms with Crippen molar-refractivity contribution in [2.24, 2.45) is 0 Å². The highest BCUT2D eigenvalue weighted by Gasteiger charge is 2.36. The summed E-state index contributed by atoms with van der Waals surface area (Å²) in [6.07, 6.45) is 1.62. The Kier molecular flexibility index (Phi) is 6.39. The first-order valence-electron chi connectivity index (χ1n) is 11.7. The number of aromatic nitrogens is 1. The highest BCUT2D eigenvalue weighted by atomic mass is 16.2. The van der Waals surface area contributed by atoms with E-state index in [2.05, 4.69) is 27.1 Å². The van der Waals surface area contributed by atoms with Gasteiger partial charge in [-0.3, -0.25) is 29.2 Å². The number of fused-ring (bicyclic) bond motifs is 1. The molecule has 2 aromatic carbocycles. The molecule has 0 unspecified atom stereocenters. The molecule has 2 aliphatic heterocycles. The minimum Gasteiger partial charge on any atom is -0.322 e. The molecule has 3 heterocycles. The van der Waals surface area contributed by atoms with Crippen LogP contribution in [-0.4, -0.2) is 70.6 Å². The second kappa shape index (κ2) is 9.77. The predicted molar refractivity (Wildman–Crippen MR) is 132 cm³/mol. The van der Waals surface area contributed by atoms with Crippen molar-refractivity contribution >= 4 is 23.4 Å². The Bertz CT molecular complexity index is 1250. The lowest BCUT2D eigenvalue weighted by Gasteiger charge is -2.32. The Hall–Kier alpha value is -3.88. The number of carbonyl (C=O) groups is 3. The van der Waals surface area contributed by atoms with Crippen LogP contribution in [0, 0.1) is 0 Å². The second-order valence-corrected chi connectivity index (χ2v) is 9.01. The van der Waals surface area contributed by atoms with Crippen molar-refractivity contribution in [2.45, 2.75) is 13.1 Å². The van der Waals surface area contributed by atoms with Crippen molar-refractivity contribution < 1.29 is 14.4 Å². The van der Waals surface area contributed by atoms with Crippen molar-refractivity contribution in [1.29, 1.82) is 0 Å².